The molecule has 3 radical (unpaired) electrons. The Hall–Kier alpha value is -1.56. The third kappa shape index (κ3) is 7.82. The number of benzene rings is 2. The van der Waals surface area contributed by atoms with Gasteiger partial charge in [-0.25, -0.2) is 0 Å². The van der Waals surface area contributed by atoms with E-state index in [-0.39, 0.29) is 15.0 Å². The fourth-order valence-electron chi connectivity index (χ4n) is 3.10. The van der Waals surface area contributed by atoms with Crippen LogP contribution in [0.1, 0.15) is 32.3 Å². The molecule has 0 amide bonds. The van der Waals surface area contributed by atoms with Crippen molar-refractivity contribution in [3.8, 4) is 5.75 Å². The molecule has 0 spiro atoms. The van der Waals surface area contributed by atoms with Crippen LogP contribution in [0.2, 0.25) is 0 Å². The predicted molar refractivity (Wildman–Crippen MR) is 116 cm³/mol. The van der Waals surface area contributed by atoms with E-state index in [1.54, 1.807) is 7.11 Å². The summed E-state index contributed by atoms with van der Waals surface area (Å²) in [6, 6.07) is 12.5. The molecule has 1 N–H and O–H groups in total. The Morgan fingerprint density at radius 1 is 1.07 bits per heavy atom. The molecule has 2 aromatic carbocycles. The van der Waals surface area contributed by atoms with E-state index in [4.69, 9.17) is 14.2 Å². The predicted octanol–water partition coefficient (Wildman–Crippen LogP) is 4.09. The van der Waals surface area contributed by atoms with Gasteiger partial charge in [0.25, 0.3) is 0 Å². The van der Waals surface area contributed by atoms with Crippen molar-refractivity contribution >= 4 is 19.2 Å². The highest BCUT2D eigenvalue weighted by Gasteiger charge is 2.13. The summed E-state index contributed by atoms with van der Waals surface area (Å²) in [5.41, 5.74) is 1.24. The Bertz CT molecular complexity index is 663. The second-order valence-electron chi connectivity index (χ2n) is 7.36. The summed E-state index contributed by atoms with van der Waals surface area (Å²) >= 11 is 0. The minimum absolute atomic E-state index is 0. The van der Waals surface area contributed by atoms with Crippen LogP contribution in [-0.4, -0.2) is 53.7 Å². The van der Waals surface area contributed by atoms with Crippen LogP contribution < -0.4 is 4.74 Å². The number of aliphatic hydroxyl groups is 1. The van der Waals surface area contributed by atoms with Crippen LogP contribution in [-0.2, 0) is 15.9 Å². The molecular formula is C23H34BO4. The third-order valence-electron chi connectivity index (χ3n) is 4.95. The van der Waals surface area contributed by atoms with Crippen molar-refractivity contribution in [3.63, 3.8) is 0 Å². The van der Waals surface area contributed by atoms with Crippen LogP contribution in [0.5, 0.6) is 5.75 Å². The molecule has 1 unspecified atom stereocenters. The van der Waals surface area contributed by atoms with E-state index in [1.807, 2.05) is 12.1 Å². The first-order chi connectivity index (χ1) is 13.2. The minimum atomic E-state index is 0. The van der Waals surface area contributed by atoms with Gasteiger partial charge in [-0.05, 0) is 54.2 Å². The minimum Gasteiger partial charge on any atom is -0.491 e. The van der Waals surface area contributed by atoms with E-state index in [0.29, 0.717) is 25.0 Å². The zero-order chi connectivity index (χ0) is 19.5. The molecule has 3 rings (SSSR count). The van der Waals surface area contributed by atoms with Crippen molar-refractivity contribution in [2.24, 2.45) is 11.8 Å². The molecule has 1 aliphatic rings. The van der Waals surface area contributed by atoms with Crippen molar-refractivity contribution in [1.29, 1.82) is 0 Å². The van der Waals surface area contributed by atoms with Gasteiger partial charge in [-0.2, -0.15) is 0 Å². The standard InChI is InChI=1S/C19H26O3.C4H8O.B/c1-14(2)17(13-20)11-15-7-8-16-5-4-6-19(18(16)12-15)22-10-9-21-3;1-2-4-5-3-1;/h4-8,12,14,17,20H,9-11,13H2,1-3H3;1-4H2;. The number of ether oxygens (including phenoxy) is 3. The van der Waals surface area contributed by atoms with Gasteiger partial charge in [0.2, 0.25) is 0 Å². The Labute approximate surface area is 171 Å². The second-order valence-corrected chi connectivity index (χ2v) is 7.36. The lowest BCUT2D eigenvalue weighted by atomic mass is 9.89. The molecular weight excluding hydrogens is 351 g/mol. The molecule has 28 heavy (non-hydrogen) atoms. The molecule has 2 aromatic rings. The van der Waals surface area contributed by atoms with Gasteiger partial charge in [-0.3, -0.25) is 0 Å². The maximum atomic E-state index is 9.53. The number of hydrogen-bond acceptors (Lipinski definition) is 4. The Morgan fingerprint density at radius 2 is 1.82 bits per heavy atom. The Morgan fingerprint density at radius 3 is 2.39 bits per heavy atom. The lowest BCUT2D eigenvalue weighted by Gasteiger charge is -2.18. The zero-order valence-corrected chi connectivity index (χ0v) is 17.5. The van der Waals surface area contributed by atoms with Gasteiger partial charge < -0.3 is 19.3 Å². The van der Waals surface area contributed by atoms with Crippen molar-refractivity contribution < 1.29 is 19.3 Å². The van der Waals surface area contributed by atoms with Crippen molar-refractivity contribution in [1.82, 2.24) is 0 Å². The first-order valence-corrected chi connectivity index (χ1v) is 9.97. The van der Waals surface area contributed by atoms with Gasteiger partial charge in [-0.1, -0.05) is 38.1 Å². The third-order valence-corrected chi connectivity index (χ3v) is 4.95. The van der Waals surface area contributed by atoms with Crippen molar-refractivity contribution in [2.45, 2.75) is 33.1 Å². The van der Waals surface area contributed by atoms with Crippen LogP contribution in [0.25, 0.3) is 10.8 Å². The number of methoxy groups -OCH3 is 1. The SMILES string of the molecule is C1CCOC1.COCCOc1cccc2ccc(CC(CO)C(C)C)cc12.[B]. The molecule has 1 atom stereocenters. The van der Waals surface area contributed by atoms with Crippen LogP contribution in [0.4, 0.5) is 0 Å². The lowest BCUT2D eigenvalue weighted by molar-refractivity contribution is 0.147. The lowest BCUT2D eigenvalue weighted by Crippen LogP contribution is -2.16. The highest BCUT2D eigenvalue weighted by atomic mass is 16.5. The molecule has 153 valence electrons. The zero-order valence-electron chi connectivity index (χ0n) is 17.5. The molecule has 1 aliphatic heterocycles. The van der Waals surface area contributed by atoms with Gasteiger partial charge in [0.05, 0.1) is 6.61 Å². The normalized spacial score (nSPS) is 14.3. The Kier molecular flexibility index (Phi) is 11.9. The second kappa shape index (κ2) is 13.6. The fourth-order valence-corrected chi connectivity index (χ4v) is 3.10. The first-order valence-electron chi connectivity index (χ1n) is 9.97. The Balaban J connectivity index is 0.000000567. The van der Waals surface area contributed by atoms with Crippen LogP contribution in [0, 0.1) is 11.8 Å². The summed E-state index contributed by atoms with van der Waals surface area (Å²) in [6.45, 7) is 7.66. The van der Waals surface area contributed by atoms with E-state index in [0.717, 1.165) is 30.8 Å². The van der Waals surface area contributed by atoms with Gasteiger partial charge in [-0.15, -0.1) is 0 Å². The number of fused-ring (bicyclic) bond motifs is 1. The number of rotatable bonds is 8. The first kappa shape index (κ1) is 24.5. The fraction of sp³-hybridized carbons (Fsp3) is 0.565. The molecule has 0 aromatic heterocycles. The summed E-state index contributed by atoms with van der Waals surface area (Å²) in [6.07, 6.45) is 3.44. The molecule has 0 aliphatic carbocycles. The average molecular weight is 385 g/mol. The summed E-state index contributed by atoms with van der Waals surface area (Å²) < 4.78 is 15.8. The summed E-state index contributed by atoms with van der Waals surface area (Å²) in [7, 11) is 1.67. The molecule has 4 nitrogen and oxygen atoms in total. The summed E-state index contributed by atoms with van der Waals surface area (Å²) in [5, 5.41) is 11.8. The van der Waals surface area contributed by atoms with Crippen LogP contribution in [0.3, 0.4) is 0 Å². The smallest absolute Gasteiger partial charge is 0.127 e. The number of aliphatic hydroxyl groups excluding tert-OH is 1. The summed E-state index contributed by atoms with van der Waals surface area (Å²) in [4.78, 5) is 0. The largest absolute Gasteiger partial charge is 0.491 e. The van der Waals surface area contributed by atoms with E-state index < -0.39 is 0 Å². The highest BCUT2D eigenvalue weighted by Crippen LogP contribution is 2.28. The molecule has 1 heterocycles. The molecule has 0 bridgehead atoms. The van der Waals surface area contributed by atoms with E-state index >= 15 is 0 Å². The average Bonchev–Trinajstić information content (AvgIpc) is 3.26. The van der Waals surface area contributed by atoms with Crippen molar-refractivity contribution in [3.05, 3.63) is 42.0 Å². The van der Waals surface area contributed by atoms with Gasteiger partial charge >= 0.3 is 0 Å². The maximum absolute atomic E-state index is 9.53. The molecule has 1 saturated heterocycles. The van der Waals surface area contributed by atoms with Crippen molar-refractivity contribution in [2.75, 3.05) is 40.1 Å². The van der Waals surface area contributed by atoms with Gasteiger partial charge in [0.15, 0.2) is 0 Å². The quantitative estimate of drug-likeness (QED) is 0.549. The van der Waals surface area contributed by atoms with E-state index in [2.05, 4.69) is 38.1 Å². The monoisotopic (exact) mass is 385 g/mol. The summed E-state index contributed by atoms with van der Waals surface area (Å²) in [5.74, 6) is 1.65. The van der Waals surface area contributed by atoms with E-state index in [9.17, 15) is 5.11 Å². The van der Waals surface area contributed by atoms with Crippen LogP contribution in [0.15, 0.2) is 36.4 Å². The molecule has 5 heteroatoms. The molecule has 1 fully saturated rings. The maximum Gasteiger partial charge on any atom is 0.127 e. The van der Waals surface area contributed by atoms with Gasteiger partial charge in [0, 0.05) is 40.7 Å². The van der Waals surface area contributed by atoms with E-state index in [1.165, 1.54) is 23.8 Å². The van der Waals surface area contributed by atoms with Crippen LogP contribution >= 0.6 is 0 Å². The number of hydrogen-bond donors (Lipinski definition) is 1. The molecule has 0 saturated carbocycles. The topological polar surface area (TPSA) is 47.9 Å². The van der Waals surface area contributed by atoms with Gasteiger partial charge in [0.1, 0.15) is 12.4 Å². The highest BCUT2D eigenvalue weighted by molar-refractivity contribution is 5.88.